The molecule has 1 saturated heterocycles. The van der Waals surface area contributed by atoms with E-state index in [0.717, 1.165) is 75.7 Å². The second-order valence-electron chi connectivity index (χ2n) is 8.23. The van der Waals surface area contributed by atoms with Gasteiger partial charge in [0.1, 0.15) is 11.4 Å². The van der Waals surface area contributed by atoms with Gasteiger partial charge in [-0.3, -0.25) is 4.90 Å². The Bertz CT molecular complexity index is 1050. The van der Waals surface area contributed by atoms with Crippen molar-refractivity contribution in [3.8, 4) is 5.75 Å². The van der Waals surface area contributed by atoms with Gasteiger partial charge in [-0.25, -0.2) is 0 Å². The molecule has 1 aromatic heterocycles. The monoisotopic (exact) mass is 461 g/mol. The predicted octanol–water partition coefficient (Wildman–Crippen LogP) is 2.67. The van der Waals surface area contributed by atoms with Gasteiger partial charge in [0.05, 0.1) is 37.7 Å². The van der Waals surface area contributed by atoms with E-state index in [1.54, 1.807) is 6.07 Å². The molecule has 2 heterocycles. The average Bonchev–Trinajstić information content (AvgIpc) is 2.87. The number of hydrogen-bond donors (Lipinski definition) is 1. The molecule has 0 aliphatic carbocycles. The molecule has 4 rings (SSSR count). The van der Waals surface area contributed by atoms with Gasteiger partial charge in [-0.05, 0) is 67.3 Å². The number of nitrogens with zero attached hydrogens (tertiary/aromatic N) is 3. The van der Waals surface area contributed by atoms with Gasteiger partial charge < -0.3 is 24.7 Å². The van der Waals surface area contributed by atoms with E-state index in [1.807, 2.05) is 36.4 Å². The normalized spacial score (nSPS) is 14.0. The molecular weight excluding hydrogens is 432 g/mol. The molecule has 0 spiro atoms. The lowest BCUT2D eigenvalue weighted by atomic mass is 10.0. The van der Waals surface area contributed by atoms with Crippen LogP contribution in [0.1, 0.15) is 34.5 Å². The lowest BCUT2D eigenvalue weighted by Gasteiger charge is -2.26. The van der Waals surface area contributed by atoms with Gasteiger partial charge in [0.25, 0.3) is 0 Å². The topological polar surface area (TPSA) is 99.6 Å². The van der Waals surface area contributed by atoms with Crippen molar-refractivity contribution in [1.82, 2.24) is 15.1 Å². The second-order valence-corrected chi connectivity index (χ2v) is 8.23. The summed E-state index contributed by atoms with van der Waals surface area (Å²) in [6, 6.07) is 17.6. The van der Waals surface area contributed by atoms with Crippen LogP contribution in [0.3, 0.4) is 0 Å². The van der Waals surface area contributed by atoms with Crippen molar-refractivity contribution in [3.05, 3.63) is 77.6 Å². The van der Waals surface area contributed by atoms with Crippen LogP contribution in [0, 0.1) is 0 Å². The van der Waals surface area contributed by atoms with Gasteiger partial charge in [0, 0.05) is 18.8 Å². The van der Waals surface area contributed by atoms with Crippen molar-refractivity contribution in [2.24, 2.45) is 0 Å². The van der Waals surface area contributed by atoms with E-state index in [-0.39, 0.29) is 5.69 Å². The molecule has 1 aliphatic rings. The zero-order valence-electron chi connectivity index (χ0n) is 19.1. The molecule has 0 amide bonds. The molecule has 0 bridgehead atoms. The number of unbranched alkanes of at least 4 members (excludes halogenated alkanes) is 1. The van der Waals surface area contributed by atoms with Crippen LogP contribution in [0.15, 0.2) is 60.8 Å². The van der Waals surface area contributed by atoms with Crippen LogP contribution in [0.25, 0.3) is 0 Å². The Balaban J connectivity index is 1.21. The number of rotatable bonds is 11. The van der Waals surface area contributed by atoms with Gasteiger partial charge >= 0.3 is 0 Å². The Kier molecular flexibility index (Phi) is 8.43. The highest BCUT2D eigenvalue weighted by atomic mass is 16.5. The van der Waals surface area contributed by atoms with E-state index in [4.69, 9.17) is 9.47 Å². The first-order valence-corrected chi connectivity index (χ1v) is 11.6. The number of nitrogens with one attached hydrogen (secondary N) is 1. The minimum atomic E-state index is -1.37. The molecule has 34 heavy (non-hydrogen) atoms. The summed E-state index contributed by atoms with van der Waals surface area (Å²) in [6.07, 6.45) is 4.40. The fourth-order valence-electron chi connectivity index (χ4n) is 3.84. The zero-order valence-corrected chi connectivity index (χ0v) is 19.1. The molecule has 1 N–H and O–H groups in total. The summed E-state index contributed by atoms with van der Waals surface area (Å²) >= 11 is 0. The standard InChI is InChI=1S/C26H30N4O4/c31-26(32)25-24(11-12-27-29-25)28-22-7-3-20(4-8-22)19-21-5-9-23(10-6-21)34-16-2-1-13-30-14-17-33-18-15-30/h3-12H,1-2,13-19H2,(H,27,28)(H,31,32)/p-1. The Morgan fingerprint density at radius 2 is 1.71 bits per heavy atom. The minimum absolute atomic E-state index is 0.217. The fourth-order valence-corrected chi connectivity index (χ4v) is 3.84. The first-order chi connectivity index (χ1) is 16.7. The van der Waals surface area contributed by atoms with Gasteiger partial charge in [-0.2, -0.15) is 5.10 Å². The predicted molar refractivity (Wildman–Crippen MR) is 127 cm³/mol. The number of benzene rings is 2. The first kappa shape index (κ1) is 23.7. The number of carboxylic acids is 1. The van der Waals surface area contributed by atoms with E-state index < -0.39 is 5.97 Å². The number of carbonyl (C=O) groups excluding carboxylic acids is 1. The molecule has 2 aromatic carbocycles. The van der Waals surface area contributed by atoms with Gasteiger partial charge in [0.2, 0.25) is 0 Å². The number of aromatic carboxylic acids is 1. The number of carboxylic acid groups (broad SMARTS) is 1. The first-order valence-electron chi connectivity index (χ1n) is 11.6. The van der Waals surface area contributed by atoms with Crippen molar-refractivity contribution < 1.29 is 19.4 Å². The van der Waals surface area contributed by atoms with E-state index in [0.29, 0.717) is 5.69 Å². The third kappa shape index (κ3) is 7.00. The van der Waals surface area contributed by atoms with E-state index in [2.05, 4.69) is 32.5 Å². The number of morpholine rings is 1. The number of anilines is 2. The maximum Gasteiger partial charge on any atom is 0.132 e. The highest BCUT2D eigenvalue weighted by Gasteiger charge is 2.09. The number of carbonyl (C=O) groups is 1. The van der Waals surface area contributed by atoms with E-state index in [9.17, 15) is 9.90 Å². The molecule has 1 aliphatic heterocycles. The van der Waals surface area contributed by atoms with Gasteiger partial charge in [-0.1, -0.05) is 24.3 Å². The third-order valence-corrected chi connectivity index (χ3v) is 5.72. The van der Waals surface area contributed by atoms with Crippen molar-refractivity contribution in [3.63, 3.8) is 0 Å². The van der Waals surface area contributed by atoms with Crippen LogP contribution in [0.4, 0.5) is 11.4 Å². The molecule has 0 unspecified atom stereocenters. The number of hydrogen-bond acceptors (Lipinski definition) is 8. The minimum Gasteiger partial charge on any atom is -0.543 e. The van der Waals surface area contributed by atoms with Crippen molar-refractivity contribution >= 4 is 17.3 Å². The summed E-state index contributed by atoms with van der Waals surface area (Å²) in [5.74, 6) is -0.475. The largest absolute Gasteiger partial charge is 0.543 e. The highest BCUT2D eigenvalue weighted by molar-refractivity contribution is 5.91. The van der Waals surface area contributed by atoms with Gasteiger partial charge in [0.15, 0.2) is 0 Å². The van der Waals surface area contributed by atoms with Crippen LogP contribution in [-0.2, 0) is 11.2 Å². The summed E-state index contributed by atoms with van der Waals surface area (Å²) in [5.41, 5.74) is 3.23. The summed E-state index contributed by atoms with van der Waals surface area (Å²) in [7, 11) is 0. The molecule has 3 aromatic rings. The van der Waals surface area contributed by atoms with Crippen LogP contribution < -0.4 is 15.2 Å². The Morgan fingerprint density at radius 1 is 1.00 bits per heavy atom. The molecule has 0 saturated carbocycles. The molecule has 178 valence electrons. The number of ether oxygens (including phenoxy) is 2. The highest BCUT2D eigenvalue weighted by Crippen LogP contribution is 2.21. The van der Waals surface area contributed by atoms with Crippen LogP contribution in [-0.4, -0.2) is 60.5 Å². The van der Waals surface area contributed by atoms with Crippen molar-refractivity contribution in [1.29, 1.82) is 0 Å². The summed E-state index contributed by atoms with van der Waals surface area (Å²) < 4.78 is 11.3. The van der Waals surface area contributed by atoms with Gasteiger partial charge in [-0.15, -0.1) is 5.10 Å². The smallest absolute Gasteiger partial charge is 0.132 e. The lowest BCUT2D eigenvalue weighted by molar-refractivity contribution is -0.255. The molecule has 0 radical (unpaired) electrons. The second kappa shape index (κ2) is 12.1. The molecule has 1 fully saturated rings. The summed E-state index contributed by atoms with van der Waals surface area (Å²) in [4.78, 5) is 13.6. The Morgan fingerprint density at radius 3 is 2.41 bits per heavy atom. The summed E-state index contributed by atoms with van der Waals surface area (Å²) in [5, 5.41) is 21.4. The molecule has 8 heteroatoms. The van der Waals surface area contributed by atoms with Crippen LogP contribution in [0.2, 0.25) is 0 Å². The van der Waals surface area contributed by atoms with E-state index >= 15 is 0 Å². The third-order valence-electron chi connectivity index (χ3n) is 5.72. The SMILES string of the molecule is O=C([O-])c1nnccc1Nc1ccc(Cc2ccc(OCCCCN3CCOCC3)cc2)cc1. The van der Waals surface area contributed by atoms with Crippen molar-refractivity contribution in [2.75, 3.05) is 44.8 Å². The Hall–Kier alpha value is -3.49. The quantitative estimate of drug-likeness (QED) is 0.435. The number of aromatic nitrogens is 2. The zero-order chi connectivity index (χ0) is 23.6. The molecular formula is C26H29N4O4-. The van der Waals surface area contributed by atoms with Crippen LogP contribution in [0.5, 0.6) is 5.75 Å². The lowest BCUT2D eigenvalue weighted by Crippen LogP contribution is -2.36. The maximum atomic E-state index is 11.2. The van der Waals surface area contributed by atoms with E-state index in [1.165, 1.54) is 11.8 Å². The summed E-state index contributed by atoms with van der Waals surface area (Å²) in [6.45, 7) is 5.60. The van der Waals surface area contributed by atoms with Crippen molar-refractivity contribution in [2.45, 2.75) is 19.3 Å². The molecule has 0 atom stereocenters. The average molecular weight is 462 g/mol. The maximum absolute atomic E-state index is 11.2. The molecule has 8 nitrogen and oxygen atoms in total. The fraction of sp³-hybridized carbons (Fsp3) is 0.346. The Labute approximate surface area is 199 Å². The van der Waals surface area contributed by atoms with Crippen LogP contribution >= 0.6 is 0 Å².